The second kappa shape index (κ2) is 59.9. The molecule has 0 aromatic carbocycles. The fraction of sp³-hybridized carbons (Fsp3) is 0.726. The first-order valence-corrected chi connectivity index (χ1v) is 34.2. The molecule has 0 saturated carbocycles. The molecule has 0 radical (unpaired) electrons. The number of rotatable bonds is 58. The van der Waals surface area contributed by atoms with Gasteiger partial charge in [0, 0.05) is 19.3 Å². The van der Waals surface area contributed by atoms with Gasteiger partial charge in [-0.2, -0.15) is 0 Å². The molecule has 1 aliphatic rings. The van der Waals surface area contributed by atoms with Crippen molar-refractivity contribution in [3.8, 4) is 0 Å². The minimum absolute atomic E-state index is 0.0285. The molecular weight excluding hydrogens is 1070 g/mol. The number of carbonyl (C=O) groups excluding carboxylic acids is 3. The summed E-state index contributed by atoms with van der Waals surface area (Å²) in [6.07, 6.45) is 67.8. The van der Waals surface area contributed by atoms with Gasteiger partial charge in [-0.05, 0) is 122 Å². The number of esters is 3. The van der Waals surface area contributed by atoms with E-state index in [1.807, 2.05) is 0 Å². The topological polar surface area (TPSA) is 175 Å². The number of hydrogen-bond donors (Lipinski definition) is 3. The van der Waals surface area contributed by atoms with Crippen LogP contribution in [0.2, 0.25) is 0 Å². The average molecular weight is 1190 g/mol. The Balaban J connectivity index is 2.66. The molecule has 0 aliphatic carbocycles. The highest BCUT2D eigenvalue weighted by atomic mass is 16.7. The molecule has 1 aliphatic heterocycles. The van der Waals surface area contributed by atoms with Gasteiger partial charge in [-0.25, -0.2) is 4.79 Å². The Kier molecular flexibility index (Phi) is 55.5. The molecule has 12 heteroatoms. The van der Waals surface area contributed by atoms with Gasteiger partial charge in [-0.15, -0.1) is 0 Å². The Hall–Kier alpha value is -4.36. The summed E-state index contributed by atoms with van der Waals surface area (Å²) in [7, 11) is 0. The van der Waals surface area contributed by atoms with Gasteiger partial charge in [0.05, 0.1) is 6.61 Å². The van der Waals surface area contributed by atoms with Crippen LogP contribution in [0.1, 0.15) is 290 Å². The summed E-state index contributed by atoms with van der Waals surface area (Å²) in [5, 5.41) is 31.6. The van der Waals surface area contributed by atoms with Crippen LogP contribution in [0.3, 0.4) is 0 Å². The molecule has 1 saturated heterocycles. The van der Waals surface area contributed by atoms with E-state index < -0.39 is 67.3 Å². The van der Waals surface area contributed by atoms with Crippen molar-refractivity contribution in [2.24, 2.45) is 0 Å². The van der Waals surface area contributed by atoms with E-state index in [2.05, 4.69) is 118 Å². The molecule has 0 amide bonds. The second-order valence-corrected chi connectivity index (χ2v) is 23.1. The highest BCUT2D eigenvalue weighted by molar-refractivity contribution is 5.74. The van der Waals surface area contributed by atoms with Crippen molar-refractivity contribution >= 4 is 23.9 Å². The van der Waals surface area contributed by atoms with Crippen LogP contribution in [0.25, 0.3) is 0 Å². The Bertz CT molecular complexity index is 1840. The molecule has 12 nitrogen and oxygen atoms in total. The normalized spacial score (nSPS) is 18.1. The van der Waals surface area contributed by atoms with Crippen LogP contribution in [-0.2, 0) is 42.9 Å². The second-order valence-electron chi connectivity index (χ2n) is 23.1. The van der Waals surface area contributed by atoms with Crippen molar-refractivity contribution in [3.63, 3.8) is 0 Å². The maximum Gasteiger partial charge on any atom is 0.335 e. The van der Waals surface area contributed by atoms with Crippen molar-refractivity contribution in [1.82, 2.24) is 0 Å². The van der Waals surface area contributed by atoms with E-state index in [9.17, 15) is 34.5 Å². The number of aliphatic hydroxyl groups excluding tert-OH is 2. The molecular formula is C73H122O12. The van der Waals surface area contributed by atoms with Gasteiger partial charge in [-0.3, -0.25) is 14.4 Å². The molecule has 0 spiro atoms. The highest BCUT2D eigenvalue weighted by Gasteiger charge is 2.50. The van der Waals surface area contributed by atoms with Crippen molar-refractivity contribution in [1.29, 1.82) is 0 Å². The molecule has 6 atom stereocenters. The lowest BCUT2D eigenvalue weighted by molar-refractivity contribution is -0.301. The first-order chi connectivity index (χ1) is 41.6. The van der Waals surface area contributed by atoms with E-state index in [-0.39, 0.29) is 25.9 Å². The molecule has 1 fully saturated rings. The molecule has 0 bridgehead atoms. The molecule has 1 heterocycles. The average Bonchev–Trinajstić information content (AvgIpc) is 2.83. The molecule has 0 aromatic heterocycles. The Labute approximate surface area is 517 Å². The molecule has 3 N–H and O–H groups in total. The first kappa shape index (κ1) is 78.7. The standard InChI is InChI=1S/C73H122O12/c1-4-7-10-13-16-19-22-25-28-31-33-36-38-41-44-47-50-53-56-59-65(74)81-62-64(83-66(75)60-57-54-51-48-45-42-40-37-34-32-29-26-23-20-17-14-11-8-5-2)63-82-73-71(69(78)68(77)70(85-73)72(79)80)84-67(76)61-58-55-52-49-46-43-39-35-30-27-24-21-18-15-12-9-6-3/h9,12,16-21,25-30,39,43,64,68-71,73,77-78H,4-8,10-11,13-15,22-24,31-38,40-42,44-63H2,1-3H3,(H,79,80)/b12-9-,19-16-,20-17-,21-18-,28-25-,29-26-,30-27-,43-39-. The summed E-state index contributed by atoms with van der Waals surface area (Å²) in [4.78, 5) is 51.5. The summed E-state index contributed by atoms with van der Waals surface area (Å²) < 4.78 is 28.6. The SMILES string of the molecule is CC/C=C\C/C=C\C/C=C\C/C=C\CCCCCCC(=O)OC1C(OCC(COC(=O)CCCCCCCCCCC/C=C\C/C=C\CCCCC)OC(=O)CCCCCCCCCCC/C=C\C/C=C\CCCCC)OC(C(=O)O)C(O)C1O. The smallest absolute Gasteiger partial charge is 0.335 e. The van der Waals surface area contributed by atoms with Gasteiger partial charge < -0.3 is 39.0 Å². The number of hydrogen-bond acceptors (Lipinski definition) is 11. The summed E-state index contributed by atoms with van der Waals surface area (Å²) in [5.74, 6) is -3.15. The van der Waals surface area contributed by atoms with Crippen molar-refractivity contribution in [3.05, 3.63) is 97.2 Å². The number of ether oxygens (including phenoxy) is 5. The van der Waals surface area contributed by atoms with Crippen molar-refractivity contribution in [2.45, 2.75) is 327 Å². The number of unbranched alkanes of at least 4 members (excludes halogenated alkanes) is 28. The monoisotopic (exact) mass is 1190 g/mol. The molecule has 85 heavy (non-hydrogen) atoms. The maximum atomic E-state index is 13.2. The van der Waals surface area contributed by atoms with Crippen molar-refractivity contribution < 1.29 is 58.2 Å². The minimum Gasteiger partial charge on any atom is -0.479 e. The van der Waals surface area contributed by atoms with Gasteiger partial charge in [-0.1, -0.05) is 246 Å². The zero-order chi connectivity index (χ0) is 61.7. The number of carboxylic acid groups (broad SMARTS) is 1. The largest absolute Gasteiger partial charge is 0.479 e. The summed E-state index contributed by atoms with van der Waals surface area (Å²) in [6, 6.07) is 0. The van der Waals surface area contributed by atoms with Crippen LogP contribution in [0.4, 0.5) is 0 Å². The first-order valence-electron chi connectivity index (χ1n) is 34.2. The van der Waals surface area contributed by atoms with Crippen LogP contribution in [0, 0.1) is 0 Å². The summed E-state index contributed by atoms with van der Waals surface area (Å²) in [5.41, 5.74) is 0. The van der Waals surface area contributed by atoms with Gasteiger partial charge in [0.15, 0.2) is 24.6 Å². The van der Waals surface area contributed by atoms with E-state index in [0.29, 0.717) is 19.3 Å². The van der Waals surface area contributed by atoms with Crippen LogP contribution in [0.5, 0.6) is 0 Å². The zero-order valence-corrected chi connectivity index (χ0v) is 53.8. The lowest BCUT2D eigenvalue weighted by Crippen LogP contribution is -2.61. The van der Waals surface area contributed by atoms with Gasteiger partial charge >= 0.3 is 23.9 Å². The fourth-order valence-electron chi connectivity index (χ4n) is 9.89. The van der Waals surface area contributed by atoms with Crippen LogP contribution < -0.4 is 0 Å². The number of aliphatic hydroxyl groups is 2. The number of carboxylic acids is 1. The Morgan fingerprint density at radius 1 is 0.400 bits per heavy atom. The third kappa shape index (κ3) is 49.3. The molecule has 6 unspecified atom stereocenters. The number of aliphatic carboxylic acids is 1. The summed E-state index contributed by atoms with van der Waals surface area (Å²) in [6.45, 7) is 5.85. The van der Waals surface area contributed by atoms with E-state index in [4.69, 9.17) is 23.7 Å². The van der Waals surface area contributed by atoms with E-state index in [1.54, 1.807) is 0 Å². The van der Waals surface area contributed by atoms with Crippen molar-refractivity contribution in [2.75, 3.05) is 13.2 Å². The Morgan fingerprint density at radius 2 is 0.741 bits per heavy atom. The number of allylic oxidation sites excluding steroid dienone is 16. The van der Waals surface area contributed by atoms with E-state index in [1.165, 1.54) is 109 Å². The maximum absolute atomic E-state index is 13.2. The van der Waals surface area contributed by atoms with Crippen LogP contribution >= 0.6 is 0 Å². The quantitative estimate of drug-likeness (QED) is 0.0228. The van der Waals surface area contributed by atoms with Crippen LogP contribution in [-0.4, -0.2) is 89.2 Å². The lowest BCUT2D eigenvalue weighted by Gasteiger charge is -2.40. The molecule has 486 valence electrons. The minimum atomic E-state index is -1.92. The third-order valence-corrected chi connectivity index (χ3v) is 15.1. The van der Waals surface area contributed by atoms with Gasteiger partial charge in [0.1, 0.15) is 18.8 Å². The zero-order valence-electron chi connectivity index (χ0n) is 53.8. The third-order valence-electron chi connectivity index (χ3n) is 15.1. The van der Waals surface area contributed by atoms with Gasteiger partial charge in [0.2, 0.25) is 0 Å². The highest BCUT2D eigenvalue weighted by Crippen LogP contribution is 2.27. The van der Waals surface area contributed by atoms with E-state index >= 15 is 0 Å². The Morgan fingerprint density at radius 3 is 1.13 bits per heavy atom. The molecule has 0 aromatic rings. The predicted octanol–water partition coefficient (Wildman–Crippen LogP) is 18.8. The van der Waals surface area contributed by atoms with Crippen LogP contribution in [0.15, 0.2) is 97.2 Å². The summed E-state index contributed by atoms with van der Waals surface area (Å²) >= 11 is 0. The predicted molar refractivity (Wildman–Crippen MR) is 349 cm³/mol. The van der Waals surface area contributed by atoms with Gasteiger partial charge in [0.25, 0.3) is 0 Å². The van der Waals surface area contributed by atoms with E-state index in [0.717, 1.165) is 122 Å². The number of carbonyl (C=O) groups is 4. The fourth-order valence-corrected chi connectivity index (χ4v) is 9.89. The molecule has 1 rings (SSSR count). The lowest BCUT2D eigenvalue weighted by atomic mass is 9.98.